The van der Waals surface area contributed by atoms with Crippen molar-refractivity contribution >= 4 is 11.9 Å². The van der Waals surface area contributed by atoms with E-state index in [1.807, 2.05) is 12.2 Å². The normalized spacial score (nSPS) is 22.3. The second kappa shape index (κ2) is 5.35. The largest absolute Gasteiger partial charge is 0.453 e. The van der Waals surface area contributed by atoms with Crippen molar-refractivity contribution in [3.05, 3.63) is 22.5 Å². The van der Waals surface area contributed by atoms with Crippen LogP contribution in [-0.2, 0) is 9.47 Å². The number of amides is 1. The summed E-state index contributed by atoms with van der Waals surface area (Å²) >= 11 is 0. The molecule has 1 aliphatic rings. The SMILES string of the molecule is COC(=O)Nc1nc(=O)n([C@H]2CC[C@@H](C)O2)cc1F. The number of rotatable bonds is 2. The second-order valence-corrected chi connectivity index (χ2v) is 4.22. The third-order valence-electron chi connectivity index (χ3n) is 2.83. The molecule has 0 spiro atoms. The molecule has 0 aromatic carbocycles. The summed E-state index contributed by atoms with van der Waals surface area (Å²) in [7, 11) is 1.13. The van der Waals surface area contributed by atoms with Gasteiger partial charge in [0.05, 0.1) is 19.4 Å². The van der Waals surface area contributed by atoms with E-state index >= 15 is 0 Å². The fraction of sp³-hybridized carbons (Fsp3) is 0.545. The molecule has 104 valence electrons. The molecule has 1 amide bonds. The van der Waals surface area contributed by atoms with Gasteiger partial charge < -0.3 is 9.47 Å². The Bertz CT molecular complexity index is 545. The van der Waals surface area contributed by atoms with Crippen LogP contribution in [0.2, 0.25) is 0 Å². The fourth-order valence-corrected chi connectivity index (χ4v) is 1.87. The number of hydrogen-bond acceptors (Lipinski definition) is 5. The van der Waals surface area contributed by atoms with E-state index in [1.165, 1.54) is 0 Å². The monoisotopic (exact) mass is 271 g/mol. The Hall–Kier alpha value is -1.96. The van der Waals surface area contributed by atoms with Crippen LogP contribution in [-0.4, -0.2) is 28.9 Å². The van der Waals surface area contributed by atoms with Gasteiger partial charge in [-0.15, -0.1) is 0 Å². The van der Waals surface area contributed by atoms with Crippen molar-refractivity contribution in [2.75, 3.05) is 12.4 Å². The molecule has 8 heteroatoms. The summed E-state index contributed by atoms with van der Waals surface area (Å²) in [5.41, 5.74) is -0.688. The second-order valence-electron chi connectivity index (χ2n) is 4.22. The Kier molecular flexibility index (Phi) is 3.79. The molecule has 7 nitrogen and oxygen atoms in total. The molecule has 1 fully saturated rings. The van der Waals surface area contributed by atoms with Gasteiger partial charge in [0.1, 0.15) is 6.23 Å². The highest BCUT2D eigenvalue weighted by Gasteiger charge is 2.25. The van der Waals surface area contributed by atoms with Crippen LogP contribution < -0.4 is 11.0 Å². The lowest BCUT2D eigenvalue weighted by Gasteiger charge is -2.14. The third kappa shape index (κ3) is 2.90. The Balaban J connectivity index is 2.26. The Morgan fingerprint density at radius 3 is 2.95 bits per heavy atom. The molecule has 2 heterocycles. The summed E-state index contributed by atoms with van der Waals surface area (Å²) in [6.07, 6.45) is 0.995. The van der Waals surface area contributed by atoms with Gasteiger partial charge in [-0.2, -0.15) is 4.98 Å². The fourth-order valence-electron chi connectivity index (χ4n) is 1.87. The summed E-state index contributed by atoms with van der Waals surface area (Å²) in [4.78, 5) is 26.2. The van der Waals surface area contributed by atoms with Crippen LogP contribution in [0.3, 0.4) is 0 Å². The number of anilines is 1. The zero-order chi connectivity index (χ0) is 14.0. The first-order chi connectivity index (χ1) is 9.01. The number of halogens is 1. The molecule has 1 saturated heterocycles. The van der Waals surface area contributed by atoms with E-state index in [9.17, 15) is 14.0 Å². The van der Waals surface area contributed by atoms with Crippen molar-refractivity contribution in [1.29, 1.82) is 0 Å². The molecule has 19 heavy (non-hydrogen) atoms. The Morgan fingerprint density at radius 2 is 2.37 bits per heavy atom. The summed E-state index contributed by atoms with van der Waals surface area (Å²) < 4.78 is 24.6. The molecule has 0 bridgehead atoms. The first-order valence-electron chi connectivity index (χ1n) is 5.80. The summed E-state index contributed by atoms with van der Waals surface area (Å²) in [6.45, 7) is 1.88. The van der Waals surface area contributed by atoms with Crippen molar-refractivity contribution in [3.63, 3.8) is 0 Å². The van der Waals surface area contributed by atoms with Gasteiger partial charge in [0.15, 0.2) is 11.6 Å². The van der Waals surface area contributed by atoms with Crippen LogP contribution in [0.4, 0.5) is 15.0 Å². The summed E-state index contributed by atoms with van der Waals surface area (Å²) in [6, 6.07) is 0. The van der Waals surface area contributed by atoms with Crippen molar-refractivity contribution < 1.29 is 18.7 Å². The standard InChI is InChI=1S/C11H14FN3O4/c1-6-3-4-8(19-6)15-5-7(12)9(13-10(15)16)14-11(17)18-2/h5-6,8H,3-4H2,1-2H3,(H,13,14,16,17)/t6-,8-/m1/s1. The molecule has 2 atom stereocenters. The van der Waals surface area contributed by atoms with E-state index < -0.39 is 29.6 Å². The lowest BCUT2D eigenvalue weighted by atomic mass is 10.2. The Morgan fingerprint density at radius 1 is 1.63 bits per heavy atom. The van der Waals surface area contributed by atoms with Crippen LogP contribution in [0.5, 0.6) is 0 Å². The molecule has 1 aromatic rings. The molecule has 1 aliphatic heterocycles. The molecule has 0 radical (unpaired) electrons. The minimum absolute atomic E-state index is 0.0211. The first kappa shape index (κ1) is 13.5. The lowest BCUT2D eigenvalue weighted by Crippen LogP contribution is -2.29. The highest BCUT2D eigenvalue weighted by molar-refractivity contribution is 5.83. The zero-order valence-corrected chi connectivity index (χ0v) is 10.6. The van der Waals surface area contributed by atoms with E-state index in [2.05, 4.69) is 9.72 Å². The smallest absolute Gasteiger partial charge is 0.412 e. The van der Waals surface area contributed by atoms with Crippen molar-refractivity contribution in [2.24, 2.45) is 0 Å². The number of hydrogen-bond donors (Lipinski definition) is 1. The number of carbonyl (C=O) groups excluding carboxylic acids is 1. The van der Waals surface area contributed by atoms with E-state index in [-0.39, 0.29) is 6.10 Å². The molecule has 0 aliphatic carbocycles. The predicted molar refractivity (Wildman–Crippen MR) is 63.3 cm³/mol. The van der Waals surface area contributed by atoms with Gasteiger partial charge in [0.25, 0.3) is 0 Å². The van der Waals surface area contributed by atoms with Crippen LogP contribution in [0, 0.1) is 5.82 Å². The van der Waals surface area contributed by atoms with Crippen LogP contribution in [0.1, 0.15) is 26.0 Å². The topological polar surface area (TPSA) is 82.5 Å². The molecule has 0 unspecified atom stereocenters. The van der Waals surface area contributed by atoms with E-state index in [0.717, 1.165) is 24.3 Å². The van der Waals surface area contributed by atoms with Crippen LogP contribution >= 0.6 is 0 Å². The number of nitrogens with zero attached hydrogens (tertiary/aromatic N) is 2. The first-order valence-corrected chi connectivity index (χ1v) is 5.80. The minimum atomic E-state index is -0.894. The van der Waals surface area contributed by atoms with Gasteiger partial charge in [-0.3, -0.25) is 9.88 Å². The molecule has 2 rings (SSSR count). The van der Waals surface area contributed by atoms with E-state index in [4.69, 9.17) is 4.74 Å². The highest BCUT2D eigenvalue weighted by Crippen LogP contribution is 2.26. The summed E-state index contributed by atoms with van der Waals surface area (Å²) in [5.74, 6) is -1.28. The van der Waals surface area contributed by atoms with Gasteiger partial charge >= 0.3 is 11.8 Å². The molecular weight excluding hydrogens is 257 g/mol. The maximum Gasteiger partial charge on any atom is 0.412 e. The van der Waals surface area contributed by atoms with Crippen LogP contribution in [0.15, 0.2) is 11.0 Å². The minimum Gasteiger partial charge on any atom is -0.453 e. The number of methoxy groups -OCH3 is 1. The number of ether oxygens (including phenoxy) is 2. The molecular formula is C11H14FN3O4. The lowest BCUT2D eigenvalue weighted by molar-refractivity contribution is 0.00746. The predicted octanol–water partition coefficient (Wildman–Crippen LogP) is 1.26. The molecule has 0 saturated carbocycles. The van der Waals surface area contributed by atoms with Crippen molar-refractivity contribution in [1.82, 2.24) is 9.55 Å². The van der Waals surface area contributed by atoms with Gasteiger partial charge in [-0.25, -0.2) is 14.0 Å². The van der Waals surface area contributed by atoms with E-state index in [1.54, 1.807) is 0 Å². The molecule has 1 N–H and O–H groups in total. The summed E-state index contributed by atoms with van der Waals surface area (Å²) in [5, 5.41) is 2.03. The third-order valence-corrected chi connectivity index (χ3v) is 2.83. The highest BCUT2D eigenvalue weighted by atomic mass is 19.1. The molecule has 1 aromatic heterocycles. The van der Waals surface area contributed by atoms with Gasteiger partial charge in [0, 0.05) is 0 Å². The quantitative estimate of drug-likeness (QED) is 0.875. The number of carbonyl (C=O) groups is 1. The van der Waals surface area contributed by atoms with Gasteiger partial charge in [0.2, 0.25) is 0 Å². The number of aromatic nitrogens is 2. The van der Waals surface area contributed by atoms with Crippen molar-refractivity contribution in [3.8, 4) is 0 Å². The average Bonchev–Trinajstić information content (AvgIpc) is 2.79. The maximum atomic E-state index is 13.7. The number of nitrogens with one attached hydrogen (secondary N) is 1. The van der Waals surface area contributed by atoms with Crippen molar-refractivity contribution in [2.45, 2.75) is 32.1 Å². The van der Waals surface area contributed by atoms with Gasteiger partial charge in [-0.05, 0) is 19.8 Å². The van der Waals surface area contributed by atoms with Crippen LogP contribution in [0.25, 0.3) is 0 Å². The maximum absolute atomic E-state index is 13.7. The average molecular weight is 271 g/mol. The van der Waals surface area contributed by atoms with E-state index in [0.29, 0.717) is 6.42 Å². The Labute approximate surface area is 108 Å². The van der Waals surface area contributed by atoms with Gasteiger partial charge in [-0.1, -0.05) is 0 Å². The zero-order valence-electron chi connectivity index (χ0n) is 10.6.